The number of nitrogens with zero attached hydrogens (tertiary/aromatic N) is 1. The van der Waals surface area contributed by atoms with Gasteiger partial charge < -0.3 is 5.32 Å². The summed E-state index contributed by atoms with van der Waals surface area (Å²) in [5.41, 5.74) is -2.53. The maximum atomic E-state index is 14.6. The Balaban J connectivity index is 2.68. The van der Waals surface area contributed by atoms with Crippen molar-refractivity contribution in [3.05, 3.63) is 39.4 Å². The Kier molecular flexibility index (Phi) is 3.60. The molecule has 0 amide bonds. The summed E-state index contributed by atoms with van der Waals surface area (Å²) in [4.78, 5) is 9.14. The second kappa shape index (κ2) is 4.86. The van der Waals surface area contributed by atoms with Crippen LogP contribution in [-0.2, 0) is 5.79 Å². The van der Waals surface area contributed by atoms with E-state index in [2.05, 4.69) is 12.2 Å². The highest BCUT2D eigenvalue weighted by Crippen LogP contribution is 2.46. The van der Waals surface area contributed by atoms with E-state index < -0.39 is 45.9 Å². The van der Waals surface area contributed by atoms with Crippen molar-refractivity contribution in [3.8, 4) is 0 Å². The number of rotatable bonds is 2. The molecular weight excluding hydrogens is 319 g/mol. The molecule has 1 aliphatic heterocycles. The first-order valence-electron chi connectivity index (χ1n) is 5.60. The predicted molar refractivity (Wildman–Crippen MR) is 65.7 cm³/mol. The average Bonchev–Trinajstić information content (AvgIpc) is 2.37. The van der Waals surface area contributed by atoms with Crippen LogP contribution in [0.4, 0.5) is 27.6 Å². The SMILES string of the molecule is O=[N+]([O-])c1cc(F)c(F)c([C@@]2(F)NC(=S)CCC2(F)F)c1. The maximum Gasteiger partial charge on any atom is 0.304 e. The molecule has 1 aliphatic rings. The molecule has 0 unspecified atom stereocenters. The molecule has 0 bridgehead atoms. The molecule has 21 heavy (non-hydrogen) atoms. The third-order valence-corrected chi connectivity index (χ3v) is 3.38. The minimum Gasteiger partial charge on any atom is -0.339 e. The normalized spacial score (nSPS) is 24.5. The van der Waals surface area contributed by atoms with E-state index in [0.29, 0.717) is 0 Å². The lowest BCUT2D eigenvalue weighted by Crippen LogP contribution is -2.58. The lowest BCUT2D eigenvalue weighted by molar-refractivity contribution is -0.385. The highest BCUT2D eigenvalue weighted by molar-refractivity contribution is 7.80. The van der Waals surface area contributed by atoms with Crippen LogP contribution in [0.1, 0.15) is 18.4 Å². The van der Waals surface area contributed by atoms with Gasteiger partial charge in [-0.2, -0.15) is 0 Å². The summed E-state index contributed by atoms with van der Waals surface area (Å²) in [5.74, 6) is -11.7. The number of benzene rings is 1. The number of hydrogen-bond acceptors (Lipinski definition) is 3. The number of nitro groups is 1. The van der Waals surface area contributed by atoms with Crippen LogP contribution in [-0.4, -0.2) is 15.8 Å². The van der Waals surface area contributed by atoms with Gasteiger partial charge in [-0.3, -0.25) is 10.1 Å². The minimum absolute atomic E-state index is 0.182. The molecule has 1 heterocycles. The molecule has 1 atom stereocenters. The highest BCUT2D eigenvalue weighted by Gasteiger charge is 2.60. The van der Waals surface area contributed by atoms with Gasteiger partial charge in [0.1, 0.15) is 0 Å². The molecule has 1 aromatic rings. The fourth-order valence-corrected chi connectivity index (χ4v) is 2.23. The molecule has 114 valence electrons. The van der Waals surface area contributed by atoms with Gasteiger partial charge >= 0.3 is 5.92 Å². The summed E-state index contributed by atoms with van der Waals surface area (Å²) in [6.45, 7) is 0. The van der Waals surface area contributed by atoms with Crippen molar-refractivity contribution in [1.82, 2.24) is 5.32 Å². The van der Waals surface area contributed by atoms with Crippen LogP contribution in [0.2, 0.25) is 0 Å². The molecule has 0 aromatic heterocycles. The first-order chi connectivity index (χ1) is 9.58. The van der Waals surface area contributed by atoms with Gasteiger partial charge in [-0.05, 0) is 0 Å². The largest absolute Gasteiger partial charge is 0.339 e. The van der Waals surface area contributed by atoms with E-state index in [1.54, 1.807) is 5.32 Å². The molecule has 0 saturated carbocycles. The van der Waals surface area contributed by atoms with Gasteiger partial charge in [0.25, 0.3) is 11.5 Å². The number of thiocarbonyl (C=S) groups is 1. The maximum absolute atomic E-state index is 14.6. The van der Waals surface area contributed by atoms with Crippen LogP contribution < -0.4 is 5.32 Å². The summed E-state index contributed by atoms with van der Waals surface area (Å²) in [6.07, 6.45) is -1.37. The molecular formula is C11H7F5N2O2S. The van der Waals surface area contributed by atoms with E-state index in [-0.39, 0.29) is 23.5 Å². The van der Waals surface area contributed by atoms with E-state index in [4.69, 9.17) is 0 Å². The number of hydrogen-bond donors (Lipinski definition) is 1. The Hall–Kier alpha value is -1.84. The first-order valence-corrected chi connectivity index (χ1v) is 6.01. The quantitative estimate of drug-likeness (QED) is 0.298. The number of nitrogens with one attached hydrogen (secondary N) is 1. The second-order valence-corrected chi connectivity index (χ2v) is 4.95. The molecule has 2 rings (SSSR count). The zero-order chi connectivity index (χ0) is 16.0. The summed E-state index contributed by atoms with van der Waals surface area (Å²) in [6, 6.07) is 0.411. The smallest absolute Gasteiger partial charge is 0.304 e. The third-order valence-electron chi connectivity index (χ3n) is 3.08. The molecule has 0 radical (unpaired) electrons. The van der Waals surface area contributed by atoms with Gasteiger partial charge in [-0.25, -0.2) is 22.0 Å². The Labute approximate surface area is 120 Å². The molecule has 1 fully saturated rings. The minimum atomic E-state index is -4.11. The van der Waals surface area contributed by atoms with Crippen molar-refractivity contribution in [3.63, 3.8) is 0 Å². The number of halogens is 5. The lowest BCUT2D eigenvalue weighted by atomic mass is 9.90. The van der Waals surface area contributed by atoms with Crippen LogP contribution in [0.15, 0.2) is 12.1 Å². The van der Waals surface area contributed by atoms with Crippen LogP contribution in [0.25, 0.3) is 0 Å². The van der Waals surface area contributed by atoms with E-state index in [1.165, 1.54) is 0 Å². The van der Waals surface area contributed by atoms with E-state index in [9.17, 15) is 32.1 Å². The lowest BCUT2D eigenvalue weighted by Gasteiger charge is -2.39. The number of piperidine rings is 1. The summed E-state index contributed by atoms with van der Waals surface area (Å²) in [7, 11) is 0. The Morgan fingerprint density at radius 3 is 2.48 bits per heavy atom. The zero-order valence-electron chi connectivity index (χ0n) is 10.1. The predicted octanol–water partition coefficient (Wildman–Crippen LogP) is 3.34. The first kappa shape index (κ1) is 15.5. The van der Waals surface area contributed by atoms with Crippen LogP contribution in [0.5, 0.6) is 0 Å². The van der Waals surface area contributed by atoms with Crippen molar-refractivity contribution in [2.75, 3.05) is 0 Å². The number of non-ortho nitro benzene ring substituents is 1. The topological polar surface area (TPSA) is 55.2 Å². The summed E-state index contributed by atoms with van der Waals surface area (Å²) in [5, 5.41) is 12.2. The Morgan fingerprint density at radius 1 is 1.29 bits per heavy atom. The summed E-state index contributed by atoms with van der Waals surface area (Å²) < 4.78 is 69.3. The zero-order valence-corrected chi connectivity index (χ0v) is 10.9. The molecule has 0 aliphatic carbocycles. The Bertz CT molecular complexity index is 639. The third kappa shape index (κ3) is 2.43. The second-order valence-electron chi connectivity index (χ2n) is 4.46. The van der Waals surface area contributed by atoms with Crippen molar-refractivity contribution < 1.29 is 26.9 Å². The monoisotopic (exact) mass is 326 g/mol. The van der Waals surface area contributed by atoms with E-state index in [1.807, 2.05) is 0 Å². The van der Waals surface area contributed by atoms with Crippen molar-refractivity contribution >= 4 is 22.9 Å². The van der Waals surface area contributed by atoms with Gasteiger partial charge in [0.2, 0.25) is 0 Å². The van der Waals surface area contributed by atoms with Gasteiger partial charge in [0.15, 0.2) is 11.6 Å². The fraction of sp³-hybridized carbons (Fsp3) is 0.364. The molecule has 4 nitrogen and oxygen atoms in total. The van der Waals surface area contributed by atoms with Gasteiger partial charge in [-0.1, -0.05) is 12.2 Å². The number of nitro benzene ring substituents is 1. The molecule has 1 saturated heterocycles. The van der Waals surface area contributed by atoms with Crippen LogP contribution >= 0.6 is 12.2 Å². The fourth-order valence-electron chi connectivity index (χ4n) is 1.98. The molecule has 1 aromatic carbocycles. The number of alkyl halides is 3. The van der Waals surface area contributed by atoms with Crippen molar-refractivity contribution in [2.45, 2.75) is 24.6 Å². The van der Waals surface area contributed by atoms with E-state index >= 15 is 0 Å². The van der Waals surface area contributed by atoms with Gasteiger partial charge in [0, 0.05) is 18.9 Å². The summed E-state index contributed by atoms with van der Waals surface area (Å²) >= 11 is 4.58. The van der Waals surface area contributed by atoms with Crippen LogP contribution in [0.3, 0.4) is 0 Å². The standard InChI is InChI=1S/C11H7F5N2O2S/c12-7-4-5(18(19)20)3-6(9(7)13)11(16)10(14,15)2-1-8(21)17-11/h3-4H,1-2H2,(H,17,21)/t11-/m1/s1. The Morgan fingerprint density at radius 2 is 1.90 bits per heavy atom. The van der Waals surface area contributed by atoms with Gasteiger partial charge in [0.05, 0.1) is 21.5 Å². The van der Waals surface area contributed by atoms with Crippen molar-refractivity contribution in [1.29, 1.82) is 0 Å². The highest BCUT2D eigenvalue weighted by atomic mass is 32.1. The molecule has 0 spiro atoms. The van der Waals surface area contributed by atoms with Crippen molar-refractivity contribution in [2.24, 2.45) is 0 Å². The molecule has 1 N–H and O–H groups in total. The average molecular weight is 326 g/mol. The van der Waals surface area contributed by atoms with Crippen LogP contribution in [0, 0.1) is 21.7 Å². The molecule has 10 heteroatoms. The van der Waals surface area contributed by atoms with Gasteiger partial charge in [-0.15, -0.1) is 0 Å². The van der Waals surface area contributed by atoms with E-state index in [0.717, 1.165) is 0 Å².